The summed E-state index contributed by atoms with van der Waals surface area (Å²) in [6.07, 6.45) is 8.28. The molecule has 1 fully saturated rings. The van der Waals surface area contributed by atoms with Crippen molar-refractivity contribution in [1.82, 2.24) is 20.0 Å². The van der Waals surface area contributed by atoms with Gasteiger partial charge in [-0.2, -0.15) is 5.10 Å². The predicted molar refractivity (Wildman–Crippen MR) is 88.5 cm³/mol. The van der Waals surface area contributed by atoms with E-state index in [4.69, 9.17) is 0 Å². The van der Waals surface area contributed by atoms with Crippen LogP contribution in [0.3, 0.4) is 0 Å². The molecule has 2 rings (SSSR count). The van der Waals surface area contributed by atoms with Crippen molar-refractivity contribution in [2.24, 2.45) is 5.92 Å². The fourth-order valence-corrected chi connectivity index (χ4v) is 3.34. The number of nitrogens with one attached hydrogen (secondary N) is 1. The summed E-state index contributed by atoms with van der Waals surface area (Å²) in [5.41, 5.74) is 1.38. The van der Waals surface area contributed by atoms with Crippen molar-refractivity contribution in [1.29, 1.82) is 0 Å². The van der Waals surface area contributed by atoms with Gasteiger partial charge < -0.3 is 5.32 Å². The number of nitrogens with zero attached hydrogens (tertiary/aromatic N) is 3. The van der Waals surface area contributed by atoms with Crippen LogP contribution in [0.1, 0.15) is 64.6 Å². The van der Waals surface area contributed by atoms with E-state index >= 15 is 0 Å². The monoisotopic (exact) mass is 292 g/mol. The first-order valence-corrected chi connectivity index (χ1v) is 8.46. The summed E-state index contributed by atoms with van der Waals surface area (Å²) in [6, 6.07) is 1.48. The first kappa shape index (κ1) is 16.5. The highest BCUT2D eigenvalue weighted by Crippen LogP contribution is 2.34. The van der Waals surface area contributed by atoms with Gasteiger partial charge in [-0.1, -0.05) is 20.3 Å². The summed E-state index contributed by atoms with van der Waals surface area (Å²) >= 11 is 0. The van der Waals surface area contributed by atoms with E-state index in [9.17, 15) is 0 Å². The average Bonchev–Trinajstić information content (AvgIpc) is 2.82. The zero-order chi connectivity index (χ0) is 15.4. The molecule has 21 heavy (non-hydrogen) atoms. The van der Waals surface area contributed by atoms with E-state index in [0.717, 1.165) is 6.54 Å². The molecular formula is C17H32N4. The minimum Gasteiger partial charge on any atom is -0.314 e. The van der Waals surface area contributed by atoms with Gasteiger partial charge in [-0.05, 0) is 46.2 Å². The van der Waals surface area contributed by atoms with E-state index in [1.165, 1.54) is 31.4 Å². The molecule has 120 valence electrons. The first-order valence-electron chi connectivity index (χ1n) is 8.46. The van der Waals surface area contributed by atoms with Gasteiger partial charge in [-0.25, -0.2) is 0 Å². The summed E-state index contributed by atoms with van der Waals surface area (Å²) in [6.45, 7) is 11.1. The number of rotatable bonds is 5. The van der Waals surface area contributed by atoms with Crippen LogP contribution in [0.4, 0.5) is 0 Å². The van der Waals surface area contributed by atoms with Gasteiger partial charge in [0.2, 0.25) is 0 Å². The molecule has 0 radical (unpaired) electrons. The molecule has 1 aromatic heterocycles. The third kappa shape index (κ3) is 4.30. The molecule has 0 bridgehead atoms. The first-order chi connectivity index (χ1) is 9.99. The van der Waals surface area contributed by atoms with E-state index in [1.807, 2.05) is 0 Å². The molecule has 0 amide bonds. The molecule has 0 spiro atoms. The molecular weight excluding hydrogens is 260 g/mol. The summed E-state index contributed by atoms with van der Waals surface area (Å²) < 4.78 is 2.08. The summed E-state index contributed by atoms with van der Waals surface area (Å²) in [5, 5.41) is 8.19. The van der Waals surface area contributed by atoms with Crippen molar-refractivity contribution in [2.45, 2.75) is 65.1 Å². The van der Waals surface area contributed by atoms with Gasteiger partial charge in [0.25, 0.3) is 0 Å². The van der Waals surface area contributed by atoms with Gasteiger partial charge in [-0.15, -0.1) is 0 Å². The summed E-state index contributed by atoms with van der Waals surface area (Å²) in [5.74, 6) is 0.671. The smallest absolute Gasteiger partial charge is 0.0537 e. The Labute approximate surface area is 129 Å². The van der Waals surface area contributed by atoms with E-state index < -0.39 is 0 Å². The van der Waals surface area contributed by atoms with Gasteiger partial charge >= 0.3 is 0 Å². The van der Waals surface area contributed by atoms with Crippen LogP contribution in [0, 0.1) is 5.92 Å². The minimum absolute atomic E-state index is 0.432. The van der Waals surface area contributed by atoms with Gasteiger partial charge in [0.15, 0.2) is 0 Å². The maximum absolute atomic E-state index is 4.56. The van der Waals surface area contributed by atoms with Crippen LogP contribution in [-0.4, -0.2) is 40.9 Å². The Bertz CT molecular complexity index is 424. The molecule has 0 saturated carbocycles. The number of likely N-dealkylation sites (tertiary alicyclic amines) is 1. The SMILES string of the molecule is CC(C)NCC1CCCCN(C)C1c1cnn(C(C)C)c1. The Morgan fingerprint density at radius 3 is 2.67 bits per heavy atom. The van der Waals surface area contributed by atoms with Crippen LogP contribution >= 0.6 is 0 Å². The molecule has 0 aromatic carbocycles. The highest BCUT2D eigenvalue weighted by molar-refractivity contribution is 5.13. The third-order valence-electron chi connectivity index (χ3n) is 4.54. The highest BCUT2D eigenvalue weighted by Gasteiger charge is 2.30. The lowest BCUT2D eigenvalue weighted by Crippen LogP contribution is -2.36. The topological polar surface area (TPSA) is 33.1 Å². The van der Waals surface area contributed by atoms with Crippen LogP contribution in [0.15, 0.2) is 12.4 Å². The van der Waals surface area contributed by atoms with Crippen molar-refractivity contribution < 1.29 is 0 Å². The zero-order valence-electron chi connectivity index (χ0n) is 14.3. The second-order valence-electron chi connectivity index (χ2n) is 7.09. The molecule has 2 atom stereocenters. The molecule has 1 aromatic rings. The van der Waals surface area contributed by atoms with Gasteiger partial charge in [0.05, 0.1) is 6.20 Å². The standard InChI is InChI=1S/C17H32N4/c1-13(2)18-10-15-8-6-7-9-20(5)17(15)16-11-19-21(12-16)14(3)4/h11-15,17-18H,6-10H2,1-5H3. The van der Waals surface area contributed by atoms with Crippen molar-refractivity contribution in [3.05, 3.63) is 18.0 Å². The number of hydrogen-bond acceptors (Lipinski definition) is 3. The van der Waals surface area contributed by atoms with Gasteiger partial charge in [0.1, 0.15) is 0 Å². The number of aromatic nitrogens is 2. The van der Waals surface area contributed by atoms with E-state index in [2.05, 4.69) is 67.1 Å². The van der Waals surface area contributed by atoms with Crippen molar-refractivity contribution >= 4 is 0 Å². The Morgan fingerprint density at radius 2 is 2.05 bits per heavy atom. The molecule has 0 aliphatic carbocycles. The lowest BCUT2D eigenvalue weighted by atomic mass is 9.90. The Balaban J connectivity index is 2.18. The zero-order valence-corrected chi connectivity index (χ0v) is 14.3. The molecule has 1 aliphatic rings. The molecule has 1 saturated heterocycles. The molecule has 2 heterocycles. The van der Waals surface area contributed by atoms with Crippen LogP contribution in [0.2, 0.25) is 0 Å². The lowest BCUT2D eigenvalue weighted by molar-refractivity contribution is 0.187. The normalized spacial score (nSPS) is 24.7. The minimum atomic E-state index is 0.432. The molecule has 4 nitrogen and oxygen atoms in total. The number of hydrogen-bond donors (Lipinski definition) is 1. The van der Waals surface area contributed by atoms with E-state index in [1.54, 1.807) is 0 Å². The van der Waals surface area contributed by atoms with E-state index in [-0.39, 0.29) is 0 Å². The van der Waals surface area contributed by atoms with Crippen LogP contribution in [0.25, 0.3) is 0 Å². The van der Waals surface area contributed by atoms with E-state index in [0.29, 0.717) is 24.0 Å². The van der Waals surface area contributed by atoms with Crippen LogP contribution < -0.4 is 5.32 Å². The molecule has 1 aliphatic heterocycles. The fourth-order valence-electron chi connectivity index (χ4n) is 3.34. The van der Waals surface area contributed by atoms with Gasteiger partial charge in [-0.3, -0.25) is 9.58 Å². The van der Waals surface area contributed by atoms with Crippen molar-refractivity contribution in [2.75, 3.05) is 20.1 Å². The second-order valence-corrected chi connectivity index (χ2v) is 7.09. The fraction of sp³-hybridized carbons (Fsp3) is 0.824. The second kappa shape index (κ2) is 7.41. The molecule has 1 N–H and O–H groups in total. The largest absolute Gasteiger partial charge is 0.314 e. The Morgan fingerprint density at radius 1 is 1.29 bits per heavy atom. The van der Waals surface area contributed by atoms with Crippen molar-refractivity contribution in [3.63, 3.8) is 0 Å². The molecule has 2 unspecified atom stereocenters. The van der Waals surface area contributed by atoms with Crippen molar-refractivity contribution in [3.8, 4) is 0 Å². The highest BCUT2D eigenvalue weighted by atomic mass is 15.3. The maximum Gasteiger partial charge on any atom is 0.0537 e. The average molecular weight is 292 g/mol. The van der Waals surface area contributed by atoms with Crippen LogP contribution in [0.5, 0.6) is 0 Å². The summed E-state index contributed by atoms with van der Waals surface area (Å²) in [4.78, 5) is 2.53. The summed E-state index contributed by atoms with van der Waals surface area (Å²) in [7, 11) is 2.27. The maximum atomic E-state index is 4.56. The third-order valence-corrected chi connectivity index (χ3v) is 4.54. The van der Waals surface area contributed by atoms with Gasteiger partial charge in [0, 0.05) is 36.4 Å². The Kier molecular flexibility index (Phi) is 5.82. The Hall–Kier alpha value is -0.870. The molecule has 4 heteroatoms. The predicted octanol–water partition coefficient (Wildman–Crippen LogP) is 3.24. The quantitative estimate of drug-likeness (QED) is 0.904. The lowest BCUT2D eigenvalue weighted by Gasteiger charge is -2.32. The van der Waals surface area contributed by atoms with Crippen LogP contribution in [-0.2, 0) is 0 Å².